The van der Waals surface area contributed by atoms with Gasteiger partial charge < -0.3 is 0 Å². The molecule has 2 aromatic rings. The van der Waals surface area contributed by atoms with E-state index >= 15 is 0 Å². The Morgan fingerprint density at radius 1 is 0.722 bits per heavy atom. The zero-order valence-corrected chi connectivity index (χ0v) is 10.3. The van der Waals surface area contributed by atoms with E-state index in [1.807, 2.05) is 24.3 Å². The van der Waals surface area contributed by atoms with Gasteiger partial charge in [0, 0.05) is 24.3 Å². The van der Waals surface area contributed by atoms with Crippen LogP contribution in [0.2, 0.25) is 0 Å². The van der Waals surface area contributed by atoms with Crippen LogP contribution in [0.25, 0.3) is 11.1 Å². The molecular weight excluding hydrogens is 228 g/mol. The molecule has 2 rings (SSSR count). The third kappa shape index (κ3) is 2.48. The smallest absolute Gasteiger partial charge is 0.220 e. The van der Waals surface area contributed by atoms with Gasteiger partial charge in [-0.25, -0.2) is 9.59 Å². The monoisotopic (exact) mass is 242 g/mol. The Labute approximate surface area is 105 Å². The van der Waals surface area contributed by atoms with Gasteiger partial charge >= 0.3 is 11.8 Å². The second-order valence-electron chi connectivity index (χ2n) is 4.03. The number of hydrogen-bond acceptors (Lipinski definition) is 2. The fourth-order valence-corrected chi connectivity index (χ4v) is 1.66. The maximum atomic E-state index is 11.1. The summed E-state index contributed by atoms with van der Waals surface area (Å²) in [6.07, 6.45) is 6.90. The van der Waals surface area contributed by atoms with Crippen LogP contribution in [-0.2, 0) is 0 Å². The molecule has 0 atom stereocenters. The predicted molar refractivity (Wildman–Crippen MR) is 64.9 cm³/mol. The highest BCUT2D eigenvalue weighted by Gasteiger charge is 2.09. The minimum atomic E-state index is -0.0240. The van der Waals surface area contributed by atoms with E-state index in [1.54, 1.807) is 24.8 Å². The Morgan fingerprint density at radius 3 is 1.22 bits per heavy atom. The van der Waals surface area contributed by atoms with Crippen molar-refractivity contribution in [2.45, 2.75) is 13.8 Å². The molecule has 90 valence electrons. The highest BCUT2D eigenvalue weighted by molar-refractivity contribution is 5.66. The second-order valence-corrected chi connectivity index (χ2v) is 4.03. The van der Waals surface area contributed by atoms with Crippen molar-refractivity contribution >= 4 is 11.8 Å². The number of carbonyl (C=O) groups excluding carboxylic acids is 2. The molecule has 0 saturated heterocycles. The molecular formula is C14H14N2O2+2. The van der Waals surface area contributed by atoms with Crippen LogP contribution in [0.5, 0.6) is 0 Å². The van der Waals surface area contributed by atoms with Gasteiger partial charge in [-0.2, -0.15) is 0 Å². The van der Waals surface area contributed by atoms with Crippen molar-refractivity contribution in [1.82, 2.24) is 0 Å². The van der Waals surface area contributed by atoms with Gasteiger partial charge in [0.15, 0.2) is 24.8 Å². The van der Waals surface area contributed by atoms with Crippen LogP contribution in [0.3, 0.4) is 0 Å². The molecule has 0 aromatic carbocycles. The van der Waals surface area contributed by atoms with Gasteiger partial charge in [0.1, 0.15) is 0 Å². The largest absolute Gasteiger partial charge is 0.389 e. The maximum absolute atomic E-state index is 11.1. The van der Waals surface area contributed by atoms with Crippen molar-refractivity contribution in [3.63, 3.8) is 0 Å². The van der Waals surface area contributed by atoms with Crippen LogP contribution in [0, 0.1) is 0 Å². The molecule has 0 unspecified atom stereocenters. The Morgan fingerprint density at radius 2 is 1.00 bits per heavy atom. The first-order valence-electron chi connectivity index (χ1n) is 5.63. The summed E-state index contributed by atoms with van der Waals surface area (Å²) in [5, 5.41) is 0. The van der Waals surface area contributed by atoms with Crippen molar-refractivity contribution in [2.75, 3.05) is 0 Å². The lowest BCUT2D eigenvalue weighted by atomic mass is 10.1. The molecule has 0 aliphatic rings. The first-order valence-corrected chi connectivity index (χ1v) is 5.63. The third-order valence-electron chi connectivity index (χ3n) is 2.72. The lowest BCUT2D eigenvalue weighted by molar-refractivity contribution is -0.573. The molecule has 18 heavy (non-hydrogen) atoms. The summed E-state index contributed by atoms with van der Waals surface area (Å²) >= 11 is 0. The quantitative estimate of drug-likeness (QED) is 0.706. The van der Waals surface area contributed by atoms with Crippen molar-refractivity contribution in [2.24, 2.45) is 0 Å². The van der Waals surface area contributed by atoms with Crippen LogP contribution in [0.4, 0.5) is 0 Å². The predicted octanol–water partition coefficient (Wildman–Crippen LogP) is 1.25. The first-order chi connectivity index (χ1) is 8.58. The number of rotatable bonds is 1. The molecule has 2 heterocycles. The van der Waals surface area contributed by atoms with Gasteiger partial charge in [0.2, 0.25) is 0 Å². The van der Waals surface area contributed by atoms with Crippen molar-refractivity contribution < 1.29 is 18.7 Å². The van der Waals surface area contributed by atoms with Gasteiger partial charge in [0.25, 0.3) is 0 Å². The number of nitrogens with zero attached hydrogens (tertiary/aromatic N) is 2. The average molecular weight is 242 g/mol. The summed E-state index contributed by atoms with van der Waals surface area (Å²) in [5.74, 6) is -0.0481. The molecule has 0 aliphatic heterocycles. The average Bonchev–Trinajstić information content (AvgIpc) is 2.39. The van der Waals surface area contributed by atoms with E-state index in [1.165, 1.54) is 23.0 Å². The standard InChI is InChI=1S/C14H14N2O2/c1-11(17)15-7-3-13(4-8-15)14-5-9-16(10-6-14)12(2)18/h3-10H,1-2H3/q+2. The number of carbonyl (C=O) groups is 2. The Kier molecular flexibility index (Phi) is 3.28. The van der Waals surface area contributed by atoms with E-state index < -0.39 is 0 Å². The van der Waals surface area contributed by atoms with Gasteiger partial charge in [-0.1, -0.05) is 0 Å². The highest BCUT2D eigenvalue weighted by Crippen LogP contribution is 2.15. The Hall–Kier alpha value is -2.36. The first kappa shape index (κ1) is 12.1. The fraction of sp³-hybridized carbons (Fsp3) is 0.143. The molecule has 0 radical (unpaired) electrons. The van der Waals surface area contributed by atoms with E-state index in [-0.39, 0.29) is 11.8 Å². The molecule has 0 bridgehead atoms. The van der Waals surface area contributed by atoms with E-state index in [9.17, 15) is 9.59 Å². The van der Waals surface area contributed by atoms with Gasteiger partial charge in [0.05, 0.1) is 13.8 Å². The van der Waals surface area contributed by atoms with Crippen LogP contribution in [0.1, 0.15) is 23.4 Å². The summed E-state index contributed by atoms with van der Waals surface area (Å²) in [5.41, 5.74) is 2.01. The van der Waals surface area contributed by atoms with E-state index in [0.29, 0.717) is 0 Å². The van der Waals surface area contributed by atoms with Crippen LogP contribution >= 0.6 is 0 Å². The highest BCUT2D eigenvalue weighted by atomic mass is 16.2. The Bertz CT molecular complexity index is 531. The van der Waals surface area contributed by atoms with E-state index in [4.69, 9.17) is 0 Å². The summed E-state index contributed by atoms with van der Waals surface area (Å²) in [4.78, 5) is 22.3. The number of aromatic nitrogens is 2. The van der Waals surface area contributed by atoms with Crippen molar-refractivity contribution in [3.8, 4) is 11.1 Å². The molecule has 0 aliphatic carbocycles. The molecule has 4 nitrogen and oxygen atoms in total. The molecule has 2 aromatic heterocycles. The van der Waals surface area contributed by atoms with Crippen LogP contribution in [0.15, 0.2) is 49.1 Å². The molecule has 0 fully saturated rings. The SMILES string of the molecule is CC(=O)[n+]1ccc(-c2cc[n+](C(C)=O)cc2)cc1. The molecule has 0 saturated carbocycles. The lowest BCUT2D eigenvalue weighted by Gasteiger charge is -1.98. The third-order valence-corrected chi connectivity index (χ3v) is 2.72. The normalized spacial score (nSPS) is 10.1. The second kappa shape index (κ2) is 4.87. The topological polar surface area (TPSA) is 41.9 Å². The number of hydrogen-bond donors (Lipinski definition) is 0. The van der Waals surface area contributed by atoms with E-state index in [0.717, 1.165) is 11.1 Å². The zero-order chi connectivity index (χ0) is 13.1. The fourth-order valence-electron chi connectivity index (χ4n) is 1.66. The Balaban J connectivity index is 2.31. The summed E-state index contributed by atoms with van der Waals surface area (Å²) in [6.45, 7) is 3.02. The van der Waals surface area contributed by atoms with Crippen LogP contribution < -0.4 is 9.13 Å². The molecule has 0 amide bonds. The van der Waals surface area contributed by atoms with E-state index in [2.05, 4.69) is 0 Å². The molecule has 0 spiro atoms. The van der Waals surface area contributed by atoms with Crippen molar-refractivity contribution in [1.29, 1.82) is 0 Å². The maximum Gasteiger partial charge on any atom is 0.389 e. The van der Waals surface area contributed by atoms with Gasteiger partial charge in [-0.3, -0.25) is 0 Å². The van der Waals surface area contributed by atoms with Crippen molar-refractivity contribution in [3.05, 3.63) is 49.1 Å². The summed E-state index contributed by atoms with van der Waals surface area (Å²) < 4.78 is 3.03. The van der Waals surface area contributed by atoms with Crippen LogP contribution in [-0.4, -0.2) is 11.8 Å². The number of pyridine rings is 2. The lowest BCUT2D eigenvalue weighted by Crippen LogP contribution is -2.39. The summed E-state index contributed by atoms with van der Waals surface area (Å²) in [7, 11) is 0. The minimum absolute atomic E-state index is 0.0240. The van der Waals surface area contributed by atoms with Gasteiger partial charge in [-0.15, -0.1) is 9.13 Å². The zero-order valence-electron chi connectivity index (χ0n) is 10.3. The summed E-state index contributed by atoms with van der Waals surface area (Å²) in [6, 6.07) is 7.48. The molecule has 0 N–H and O–H groups in total. The molecule has 4 heteroatoms. The minimum Gasteiger partial charge on any atom is -0.220 e. The van der Waals surface area contributed by atoms with Gasteiger partial charge in [-0.05, 0) is 11.1 Å².